The molecule has 3 aromatic rings. The van der Waals surface area contributed by atoms with Crippen LogP contribution in [0.25, 0.3) is 0 Å². The van der Waals surface area contributed by atoms with E-state index in [1.165, 1.54) is 36.8 Å². The monoisotopic (exact) mass is 556 g/mol. The smallest absolute Gasteiger partial charge is 0.416 e. The van der Waals surface area contributed by atoms with Crippen molar-refractivity contribution in [3.05, 3.63) is 63.1 Å². The van der Waals surface area contributed by atoms with Crippen molar-refractivity contribution in [3.8, 4) is 11.5 Å². The zero-order valence-corrected chi connectivity index (χ0v) is 20.5. The summed E-state index contributed by atoms with van der Waals surface area (Å²) in [7, 11) is 1.53. The van der Waals surface area contributed by atoms with Gasteiger partial charge in [0.15, 0.2) is 16.6 Å². The number of amides is 1. The molecule has 0 radical (unpaired) electrons. The lowest BCUT2D eigenvalue weighted by Crippen LogP contribution is -2.20. The Labute approximate surface area is 206 Å². The van der Waals surface area contributed by atoms with E-state index in [4.69, 9.17) is 9.47 Å². The van der Waals surface area contributed by atoms with Crippen molar-refractivity contribution in [2.45, 2.75) is 19.5 Å². The number of nitrogens with one attached hydrogen (secondary N) is 2. The quantitative estimate of drug-likeness (QED) is 0.258. The Morgan fingerprint density at radius 2 is 2.06 bits per heavy atom. The van der Waals surface area contributed by atoms with Crippen LogP contribution in [0.15, 0.2) is 51.4 Å². The summed E-state index contributed by atoms with van der Waals surface area (Å²) in [6.45, 7) is 2.35. The topological polar surface area (TPSA) is 84.8 Å². The number of rotatable bonds is 9. The molecule has 7 nitrogen and oxygen atoms in total. The molecular formula is C22H20BrF3N4O3S. The van der Waals surface area contributed by atoms with Gasteiger partial charge in [0.1, 0.15) is 0 Å². The number of hydrazone groups is 1. The molecule has 1 amide bonds. The molecule has 34 heavy (non-hydrogen) atoms. The second kappa shape index (κ2) is 11.3. The van der Waals surface area contributed by atoms with E-state index in [-0.39, 0.29) is 12.1 Å². The number of aromatic nitrogens is 1. The van der Waals surface area contributed by atoms with Crippen molar-refractivity contribution in [1.82, 2.24) is 10.4 Å². The largest absolute Gasteiger partial charge is 0.493 e. The van der Waals surface area contributed by atoms with Crippen molar-refractivity contribution >= 4 is 50.2 Å². The zero-order valence-electron chi connectivity index (χ0n) is 18.1. The molecule has 0 unspecified atom stereocenters. The molecule has 3 rings (SSSR count). The van der Waals surface area contributed by atoms with Gasteiger partial charge in [0.05, 0.1) is 37.6 Å². The Hall–Kier alpha value is -3.12. The molecule has 0 aliphatic heterocycles. The number of hydrogen-bond donors (Lipinski definition) is 2. The first-order chi connectivity index (χ1) is 16.2. The second-order valence-corrected chi connectivity index (χ2v) is 8.49. The molecule has 1 heterocycles. The van der Waals surface area contributed by atoms with Gasteiger partial charge in [0.25, 0.3) is 0 Å². The molecule has 0 fully saturated rings. The fourth-order valence-electron chi connectivity index (χ4n) is 2.80. The highest BCUT2D eigenvalue weighted by Crippen LogP contribution is 2.33. The van der Waals surface area contributed by atoms with Crippen LogP contribution in [0.1, 0.15) is 23.7 Å². The number of carbonyl (C=O) groups excluding carboxylic acids is 1. The van der Waals surface area contributed by atoms with Crippen LogP contribution in [0.2, 0.25) is 0 Å². The third-order valence-electron chi connectivity index (χ3n) is 4.31. The van der Waals surface area contributed by atoms with Gasteiger partial charge in [-0.3, -0.25) is 4.79 Å². The van der Waals surface area contributed by atoms with Crippen LogP contribution in [0.3, 0.4) is 0 Å². The maximum absolute atomic E-state index is 12.9. The third kappa shape index (κ3) is 6.94. The van der Waals surface area contributed by atoms with E-state index in [0.717, 1.165) is 12.1 Å². The fraction of sp³-hybridized carbons (Fsp3) is 0.227. The Morgan fingerprint density at radius 1 is 1.26 bits per heavy atom. The summed E-state index contributed by atoms with van der Waals surface area (Å²) in [6, 6.07) is 8.27. The van der Waals surface area contributed by atoms with E-state index >= 15 is 0 Å². The van der Waals surface area contributed by atoms with Gasteiger partial charge in [-0.25, -0.2) is 10.4 Å². The number of nitrogens with zero attached hydrogens (tertiary/aromatic N) is 2. The van der Waals surface area contributed by atoms with Crippen molar-refractivity contribution in [1.29, 1.82) is 0 Å². The molecular weight excluding hydrogens is 537 g/mol. The Bertz CT molecular complexity index is 1180. The van der Waals surface area contributed by atoms with Crippen LogP contribution >= 0.6 is 27.3 Å². The van der Waals surface area contributed by atoms with Crippen LogP contribution in [-0.4, -0.2) is 30.8 Å². The summed E-state index contributed by atoms with van der Waals surface area (Å²) in [5, 5.41) is 8.80. The lowest BCUT2D eigenvalue weighted by Gasteiger charge is -2.11. The van der Waals surface area contributed by atoms with Gasteiger partial charge in [-0.2, -0.15) is 18.3 Å². The average Bonchev–Trinajstić information content (AvgIpc) is 3.21. The average molecular weight is 557 g/mol. The number of ether oxygens (including phenoxy) is 2. The fourth-order valence-corrected chi connectivity index (χ4v) is 3.95. The standard InChI is InChI=1S/C22H20BrF3N4O3S/c1-3-33-19-10-17(23)13(7-18(19)32-2)11-27-30-20(31)9-16-12-34-21(29-16)28-15-6-4-5-14(8-15)22(24,25)26/h4-8,10-12H,3,9H2,1-2H3,(H,28,29)(H,30,31)/b27-11-. The Morgan fingerprint density at radius 3 is 2.76 bits per heavy atom. The lowest BCUT2D eigenvalue weighted by atomic mass is 10.2. The molecule has 0 atom stereocenters. The molecule has 0 bridgehead atoms. The van der Waals surface area contributed by atoms with E-state index in [2.05, 4.69) is 36.8 Å². The van der Waals surface area contributed by atoms with E-state index < -0.39 is 17.6 Å². The molecule has 0 aliphatic carbocycles. The highest BCUT2D eigenvalue weighted by Gasteiger charge is 2.30. The first-order valence-electron chi connectivity index (χ1n) is 9.90. The molecule has 0 spiro atoms. The van der Waals surface area contributed by atoms with Crippen molar-refractivity contribution in [2.75, 3.05) is 19.0 Å². The van der Waals surface area contributed by atoms with Gasteiger partial charge in [-0.1, -0.05) is 6.07 Å². The zero-order chi connectivity index (χ0) is 24.7. The minimum Gasteiger partial charge on any atom is -0.493 e. The number of methoxy groups -OCH3 is 1. The maximum atomic E-state index is 12.9. The SMILES string of the molecule is CCOc1cc(Br)c(/C=N\NC(=O)Cc2csc(Nc3cccc(C(F)(F)F)c3)n2)cc1OC. The predicted molar refractivity (Wildman–Crippen MR) is 128 cm³/mol. The number of carbonyl (C=O) groups is 1. The number of halogens is 4. The molecule has 180 valence electrons. The number of thiazole rings is 1. The van der Waals surface area contributed by atoms with Crippen LogP contribution in [-0.2, 0) is 17.4 Å². The van der Waals surface area contributed by atoms with Gasteiger partial charge < -0.3 is 14.8 Å². The second-order valence-electron chi connectivity index (χ2n) is 6.78. The van der Waals surface area contributed by atoms with Gasteiger partial charge in [0.2, 0.25) is 5.91 Å². The summed E-state index contributed by atoms with van der Waals surface area (Å²) in [4.78, 5) is 16.5. The lowest BCUT2D eigenvalue weighted by molar-refractivity contribution is -0.137. The third-order valence-corrected chi connectivity index (χ3v) is 5.80. The highest BCUT2D eigenvalue weighted by atomic mass is 79.9. The number of anilines is 2. The van der Waals surface area contributed by atoms with Crippen LogP contribution < -0.4 is 20.2 Å². The first-order valence-corrected chi connectivity index (χ1v) is 11.6. The van der Waals surface area contributed by atoms with Crippen molar-refractivity contribution in [3.63, 3.8) is 0 Å². The molecule has 2 aromatic carbocycles. The first kappa shape index (κ1) is 25.5. The van der Waals surface area contributed by atoms with Crippen LogP contribution in [0.4, 0.5) is 24.0 Å². The van der Waals surface area contributed by atoms with Gasteiger partial charge in [-0.05, 0) is 53.2 Å². The van der Waals surface area contributed by atoms with Gasteiger partial charge >= 0.3 is 6.18 Å². The summed E-state index contributed by atoms with van der Waals surface area (Å²) >= 11 is 4.61. The molecule has 0 aliphatic rings. The van der Waals surface area contributed by atoms with Crippen LogP contribution in [0, 0.1) is 0 Å². The molecule has 2 N–H and O–H groups in total. The van der Waals surface area contributed by atoms with Gasteiger partial charge in [0, 0.05) is 21.1 Å². The number of alkyl halides is 3. The molecule has 0 saturated heterocycles. The number of benzene rings is 2. The van der Waals surface area contributed by atoms with Crippen molar-refractivity contribution < 1.29 is 27.4 Å². The molecule has 12 heteroatoms. The van der Waals surface area contributed by atoms with Crippen LogP contribution in [0.5, 0.6) is 11.5 Å². The highest BCUT2D eigenvalue weighted by molar-refractivity contribution is 9.10. The van der Waals surface area contributed by atoms with Crippen molar-refractivity contribution in [2.24, 2.45) is 5.10 Å². The molecule has 1 aromatic heterocycles. The van der Waals surface area contributed by atoms with Gasteiger partial charge in [-0.15, -0.1) is 11.3 Å². The van der Waals surface area contributed by atoms with E-state index in [1.807, 2.05) is 6.92 Å². The maximum Gasteiger partial charge on any atom is 0.416 e. The minimum atomic E-state index is -4.43. The number of hydrogen-bond acceptors (Lipinski definition) is 7. The normalized spacial score (nSPS) is 11.5. The summed E-state index contributed by atoms with van der Waals surface area (Å²) in [5.74, 6) is 0.707. The van der Waals surface area contributed by atoms with E-state index in [0.29, 0.717) is 39.0 Å². The minimum absolute atomic E-state index is 0.0497. The summed E-state index contributed by atoms with van der Waals surface area (Å²) in [5.41, 5.74) is 3.04. The Kier molecular flexibility index (Phi) is 8.51. The predicted octanol–water partition coefficient (Wildman–Crippen LogP) is 5.77. The Balaban J connectivity index is 1.58. The molecule has 0 saturated carbocycles. The van der Waals surface area contributed by atoms with E-state index in [9.17, 15) is 18.0 Å². The van der Waals surface area contributed by atoms with E-state index in [1.54, 1.807) is 17.5 Å². The summed E-state index contributed by atoms with van der Waals surface area (Å²) < 4.78 is 50.1. The summed E-state index contributed by atoms with van der Waals surface area (Å²) in [6.07, 6.45) is -3.02.